The lowest BCUT2D eigenvalue weighted by Gasteiger charge is -2.16. The number of nitrogens with one attached hydrogen (secondary N) is 2. The van der Waals surface area contributed by atoms with Crippen molar-refractivity contribution in [3.8, 4) is 5.75 Å². The molecule has 0 saturated heterocycles. The number of rotatable bonds is 7. The zero-order valence-corrected chi connectivity index (χ0v) is 22.2. The SMILES string of the molecule is Cc1[nH]c(C(=O)Nc2nc3c(OC(C)c4ccc(S(C)(=O)=O)cc4)cc(C(=O)O)cc3s2)c(Cl)c1Cl. The predicted molar refractivity (Wildman–Crippen MR) is 139 cm³/mol. The molecule has 3 N–H and O–H groups in total. The van der Waals surface area contributed by atoms with E-state index < -0.39 is 27.8 Å². The van der Waals surface area contributed by atoms with Crippen molar-refractivity contribution in [2.24, 2.45) is 0 Å². The molecule has 0 saturated carbocycles. The van der Waals surface area contributed by atoms with Gasteiger partial charge in [0.25, 0.3) is 5.91 Å². The Morgan fingerprint density at radius 1 is 1.17 bits per heavy atom. The van der Waals surface area contributed by atoms with E-state index in [1.807, 2.05) is 0 Å². The van der Waals surface area contributed by atoms with Gasteiger partial charge in [-0.05, 0) is 43.7 Å². The fraction of sp³-hybridized carbons (Fsp3) is 0.174. The first kappa shape index (κ1) is 26.0. The molecule has 188 valence electrons. The van der Waals surface area contributed by atoms with Crippen LogP contribution in [-0.4, -0.2) is 41.6 Å². The third kappa shape index (κ3) is 5.19. The van der Waals surface area contributed by atoms with Crippen LogP contribution in [-0.2, 0) is 9.84 Å². The van der Waals surface area contributed by atoms with E-state index in [1.54, 1.807) is 26.0 Å². The molecule has 0 fully saturated rings. The topological polar surface area (TPSA) is 138 Å². The zero-order chi connectivity index (χ0) is 26.4. The van der Waals surface area contributed by atoms with Crippen molar-refractivity contribution in [2.45, 2.75) is 24.8 Å². The minimum atomic E-state index is -3.35. The molecule has 2 heterocycles. The Morgan fingerprint density at radius 3 is 2.39 bits per heavy atom. The lowest BCUT2D eigenvalue weighted by molar-refractivity contribution is 0.0696. The highest BCUT2D eigenvalue weighted by atomic mass is 35.5. The molecule has 0 radical (unpaired) electrons. The number of amides is 1. The number of aryl methyl sites for hydroxylation is 1. The number of ether oxygens (including phenoxy) is 1. The number of anilines is 1. The number of halogens is 2. The van der Waals surface area contributed by atoms with Crippen LogP contribution in [0.4, 0.5) is 5.13 Å². The quantitative estimate of drug-likeness (QED) is 0.259. The van der Waals surface area contributed by atoms with Gasteiger partial charge in [-0.1, -0.05) is 46.7 Å². The Morgan fingerprint density at radius 2 is 1.83 bits per heavy atom. The highest BCUT2D eigenvalue weighted by Crippen LogP contribution is 2.37. The zero-order valence-electron chi connectivity index (χ0n) is 19.0. The molecule has 13 heteroatoms. The van der Waals surface area contributed by atoms with E-state index in [0.717, 1.165) is 17.6 Å². The number of benzene rings is 2. The predicted octanol–water partition coefficient (Wildman–Crippen LogP) is 5.73. The molecule has 0 spiro atoms. The molecule has 0 aliphatic rings. The lowest BCUT2D eigenvalue weighted by atomic mass is 10.1. The van der Waals surface area contributed by atoms with Crippen molar-refractivity contribution in [2.75, 3.05) is 11.6 Å². The first-order valence-corrected chi connectivity index (χ1v) is 13.8. The van der Waals surface area contributed by atoms with Crippen LogP contribution >= 0.6 is 34.5 Å². The van der Waals surface area contributed by atoms with Crippen LogP contribution in [0.2, 0.25) is 10.0 Å². The number of hydrogen-bond acceptors (Lipinski definition) is 7. The van der Waals surface area contributed by atoms with Crippen LogP contribution in [0.3, 0.4) is 0 Å². The summed E-state index contributed by atoms with van der Waals surface area (Å²) in [5.41, 5.74) is 1.62. The van der Waals surface area contributed by atoms with Gasteiger partial charge in [0.2, 0.25) is 0 Å². The molecular formula is C23H19Cl2N3O6S2. The van der Waals surface area contributed by atoms with Crippen LogP contribution in [0.1, 0.15) is 45.1 Å². The van der Waals surface area contributed by atoms with Crippen molar-refractivity contribution in [1.29, 1.82) is 0 Å². The fourth-order valence-electron chi connectivity index (χ4n) is 3.40. The van der Waals surface area contributed by atoms with E-state index in [0.29, 0.717) is 21.5 Å². The number of aromatic nitrogens is 2. The largest absolute Gasteiger partial charge is 0.484 e. The third-order valence-electron chi connectivity index (χ3n) is 5.29. The summed E-state index contributed by atoms with van der Waals surface area (Å²) < 4.78 is 30.0. The Hall–Kier alpha value is -3.12. The standard InChI is InChI=1S/C23H19Cl2N3O6S2/c1-10-17(24)18(25)20(26-10)21(29)28-23-27-19-15(8-13(22(30)31)9-16(19)35-23)34-11(2)12-4-6-14(7-5-12)36(3,32)33/h4-9,11,26H,1-3H3,(H,30,31)(H,27,28,29). The lowest BCUT2D eigenvalue weighted by Crippen LogP contribution is -2.12. The van der Waals surface area contributed by atoms with E-state index in [-0.39, 0.29) is 37.1 Å². The van der Waals surface area contributed by atoms with Crippen LogP contribution in [0.15, 0.2) is 41.3 Å². The summed E-state index contributed by atoms with van der Waals surface area (Å²) in [6.07, 6.45) is 0.558. The summed E-state index contributed by atoms with van der Waals surface area (Å²) in [6.45, 7) is 3.42. The number of carboxylic acid groups (broad SMARTS) is 1. The summed E-state index contributed by atoms with van der Waals surface area (Å²) in [7, 11) is -3.35. The number of fused-ring (bicyclic) bond motifs is 1. The second-order valence-corrected chi connectivity index (χ2v) is 11.8. The number of thiazole rings is 1. The normalized spacial score (nSPS) is 12.5. The van der Waals surface area contributed by atoms with Gasteiger partial charge < -0.3 is 14.8 Å². The number of aromatic amines is 1. The molecule has 36 heavy (non-hydrogen) atoms. The molecule has 2 aromatic carbocycles. The second-order valence-electron chi connectivity index (χ2n) is 7.95. The van der Waals surface area contributed by atoms with Crippen molar-refractivity contribution in [1.82, 2.24) is 9.97 Å². The Kier molecular flexibility index (Phi) is 7.02. The van der Waals surface area contributed by atoms with Crippen molar-refractivity contribution in [3.05, 3.63) is 69.0 Å². The maximum absolute atomic E-state index is 12.7. The minimum Gasteiger partial charge on any atom is -0.484 e. The molecule has 4 rings (SSSR count). The molecule has 9 nitrogen and oxygen atoms in total. The average molecular weight is 568 g/mol. The summed E-state index contributed by atoms with van der Waals surface area (Å²) in [6, 6.07) is 8.99. The van der Waals surface area contributed by atoms with Gasteiger partial charge in [0.05, 0.1) is 25.2 Å². The molecule has 4 aromatic rings. The van der Waals surface area contributed by atoms with Gasteiger partial charge >= 0.3 is 5.97 Å². The van der Waals surface area contributed by atoms with Crippen LogP contribution < -0.4 is 10.1 Å². The van der Waals surface area contributed by atoms with E-state index in [1.165, 1.54) is 24.3 Å². The summed E-state index contributed by atoms with van der Waals surface area (Å²) >= 11 is 13.2. The fourth-order valence-corrected chi connectivity index (χ4v) is 5.36. The maximum Gasteiger partial charge on any atom is 0.335 e. The molecule has 1 amide bonds. The van der Waals surface area contributed by atoms with E-state index in [9.17, 15) is 23.1 Å². The number of aromatic carboxylic acids is 1. The Bertz CT molecular complexity index is 1610. The maximum atomic E-state index is 12.7. The van der Waals surface area contributed by atoms with Crippen LogP contribution in [0, 0.1) is 6.92 Å². The first-order chi connectivity index (χ1) is 16.8. The Labute approximate surface area is 219 Å². The molecule has 0 aliphatic carbocycles. The van der Waals surface area contributed by atoms with Gasteiger partial charge in [0.1, 0.15) is 23.1 Å². The van der Waals surface area contributed by atoms with Gasteiger partial charge in [-0.3, -0.25) is 10.1 Å². The van der Waals surface area contributed by atoms with Crippen LogP contribution in [0.5, 0.6) is 5.75 Å². The van der Waals surface area contributed by atoms with Gasteiger partial charge in [-0.15, -0.1) is 0 Å². The number of nitrogens with zero attached hydrogens (tertiary/aromatic N) is 1. The number of carbonyl (C=O) groups excluding carboxylic acids is 1. The van der Waals surface area contributed by atoms with Crippen LogP contribution in [0.25, 0.3) is 10.2 Å². The van der Waals surface area contributed by atoms with E-state index in [4.69, 9.17) is 27.9 Å². The molecule has 1 atom stereocenters. The highest BCUT2D eigenvalue weighted by molar-refractivity contribution is 7.90. The van der Waals surface area contributed by atoms with Gasteiger partial charge in [-0.2, -0.15) is 0 Å². The summed E-state index contributed by atoms with van der Waals surface area (Å²) in [4.78, 5) is 31.8. The van der Waals surface area contributed by atoms with Gasteiger partial charge in [-0.25, -0.2) is 18.2 Å². The number of carboxylic acids is 1. The first-order valence-electron chi connectivity index (χ1n) is 10.3. The molecule has 0 aliphatic heterocycles. The van der Waals surface area contributed by atoms with Gasteiger partial charge in [0.15, 0.2) is 15.0 Å². The summed E-state index contributed by atoms with van der Waals surface area (Å²) in [5.74, 6) is -1.53. The minimum absolute atomic E-state index is 0.0199. The average Bonchev–Trinajstić information content (AvgIpc) is 3.34. The van der Waals surface area contributed by atoms with Gasteiger partial charge in [0, 0.05) is 11.9 Å². The summed E-state index contributed by atoms with van der Waals surface area (Å²) in [5, 5.41) is 12.7. The molecule has 0 bridgehead atoms. The van der Waals surface area contributed by atoms with Crippen molar-refractivity contribution < 1.29 is 27.9 Å². The molecular weight excluding hydrogens is 549 g/mol. The smallest absolute Gasteiger partial charge is 0.335 e. The monoisotopic (exact) mass is 567 g/mol. The second kappa shape index (κ2) is 9.74. The number of hydrogen-bond donors (Lipinski definition) is 3. The Balaban J connectivity index is 1.66. The molecule has 1 unspecified atom stereocenters. The highest BCUT2D eigenvalue weighted by Gasteiger charge is 2.22. The third-order valence-corrected chi connectivity index (χ3v) is 8.28. The number of sulfone groups is 1. The number of H-pyrrole nitrogens is 1. The number of carbonyl (C=O) groups is 2. The molecule has 2 aromatic heterocycles. The van der Waals surface area contributed by atoms with Crippen molar-refractivity contribution in [3.63, 3.8) is 0 Å². The van der Waals surface area contributed by atoms with Crippen molar-refractivity contribution >= 4 is 71.6 Å². The van der Waals surface area contributed by atoms with E-state index >= 15 is 0 Å². The van der Waals surface area contributed by atoms with E-state index in [2.05, 4.69) is 15.3 Å².